The molecule has 1 aromatic carbocycles. The molecule has 3 aromatic rings. The zero-order chi connectivity index (χ0) is 22.0. The summed E-state index contributed by atoms with van der Waals surface area (Å²) in [7, 11) is 0.00147. The minimum absolute atomic E-state index is 0.00147. The number of carbonyl (C=O) groups excluding carboxylic acids is 2. The van der Waals surface area contributed by atoms with Crippen molar-refractivity contribution in [2.24, 2.45) is 0 Å². The van der Waals surface area contributed by atoms with Crippen molar-refractivity contribution in [1.82, 2.24) is 30.4 Å². The first kappa shape index (κ1) is 21.2. The highest BCUT2D eigenvalue weighted by Crippen LogP contribution is 2.22. The lowest BCUT2D eigenvalue weighted by Gasteiger charge is -2.14. The molecule has 0 spiro atoms. The second kappa shape index (κ2) is 8.98. The molecule has 9 nitrogen and oxygen atoms in total. The van der Waals surface area contributed by atoms with E-state index < -0.39 is 11.7 Å². The average molecular weight is 464 g/mol. The molecule has 1 saturated heterocycles. The molecule has 3 N–H and O–H groups in total. The van der Waals surface area contributed by atoms with Crippen molar-refractivity contribution >= 4 is 56.6 Å². The Balaban J connectivity index is 1.43. The van der Waals surface area contributed by atoms with Gasteiger partial charge in [-0.2, -0.15) is 15.6 Å². The quantitative estimate of drug-likeness (QED) is 0.481. The summed E-state index contributed by atoms with van der Waals surface area (Å²) in [6, 6.07) is 4.21. The van der Waals surface area contributed by atoms with Crippen molar-refractivity contribution in [3.8, 4) is 0 Å². The second-order valence-electron chi connectivity index (χ2n) is 6.91. The molecule has 1 aliphatic rings. The van der Waals surface area contributed by atoms with Crippen LogP contribution in [-0.2, 0) is 11.3 Å². The molecule has 0 radical (unpaired) electrons. The Kier molecular flexibility index (Phi) is 6.14. The van der Waals surface area contributed by atoms with Crippen LogP contribution in [0.4, 0.5) is 10.2 Å². The van der Waals surface area contributed by atoms with Gasteiger partial charge in [-0.05, 0) is 17.7 Å². The van der Waals surface area contributed by atoms with Crippen LogP contribution in [0.5, 0.6) is 0 Å². The Morgan fingerprint density at radius 2 is 2.19 bits per heavy atom. The maximum Gasteiger partial charge on any atom is 0.272 e. The van der Waals surface area contributed by atoms with Crippen LogP contribution in [0.15, 0.2) is 24.5 Å². The maximum atomic E-state index is 13.3. The molecule has 1 atom stereocenters. The van der Waals surface area contributed by atoms with Crippen LogP contribution >= 0.6 is 22.1 Å². The number of hydrogen-bond donors (Lipinski definition) is 3. The van der Waals surface area contributed by atoms with Crippen molar-refractivity contribution in [3.05, 3.63) is 46.6 Å². The second-order valence-corrected chi connectivity index (χ2v) is 9.20. The predicted octanol–water partition coefficient (Wildman–Crippen LogP) is 1.99. The molecule has 2 aromatic heterocycles. The molecule has 0 aliphatic carbocycles. The first-order chi connectivity index (χ1) is 14.9. The minimum Gasteiger partial charge on any atom is -0.358 e. The highest BCUT2D eigenvalue weighted by molar-refractivity contribution is 8.14. The fraction of sp³-hybridized carbons (Fsp3) is 0.263. The van der Waals surface area contributed by atoms with Gasteiger partial charge in [0.05, 0.1) is 17.4 Å². The van der Waals surface area contributed by atoms with Crippen LogP contribution in [0, 0.1) is 5.82 Å². The predicted molar refractivity (Wildman–Crippen MR) is 119 cm³/mol. The number of carbonyl (C=O) groups is 2. The normalized spacial score (nSPS) is 15.9. The Morgan fingerprint density at radius 1 is 1.35 bits per heavy atom. The number of nitrogens with zero attached hydrogens (tertiary/aromatic N) is 4. The molecule has 1 unspecified atom stereocenters. The van der Waals surface area contributed by atoms with Crippen molar-refractivity contribution in [2.75, 3.05) is 30.0 Å². The third kappa shape index (κ3) is 4.67. The van der Waals surface area contributed by atoms with Gasteiger partial charge in [0, 0.05) is 18.8 Å². The number of rotatable bonds is 6. The summed E-state index contributed by atoms with van der Waals surface area (Å²) in [4.78, 5) is 34.9. The molecule has 2 amide bonds. The van der Waals surface area contributed by atoms with E-state index in [2.05, 4.69) is 36.7 Å². The SMILES string of the molecule is C=S1CCN(C(=O)CNc2n[nH]c3c(C(=O)NCc4ccc(F)c(Cl)c4)ncnc23)C1. The van der Waals surface area contributed by atoms with E-state index in [1.807, 2.05) is 0 Å². The van der Waals surface area contributed by atoms with E-state index in [1.54, 1.807) is 4.90 Å². The standard InChI is InChI=1S/C19H19ClFN7O2S/c1-31-5-4-28(10-31)14(29)8-22-18-16-15(26-27-18)17(25-9-24-16)19(30)23-7-11-2-3-13(21)12(20)6-11/h2-3,6,9H,1,4-5,7-8,10H2,(H,23,30)(H2,22,26,27). The molecular weight excluding hydrogens is 445 g/mol. The Bertz CT molecular complexity index is 1190. The van der Waals surface area contributed by atoms with E-state index >= 15 is 0 Å². The number of hydrogen-bond acceptors (Lipinski definition) is 6. The van der Waals surface area contributed by atoms with Gasteiger partial charge < -0.3 is 15.5 Å². The summed E-state index contributed by atoms with van der Waals surface area (Å²) in [5.41, 5.74) is 1.48. The zero-order valence-electron chi connectivity index (χ0n) is 16.3. The summed E-state index contributed by atoms with van der Waals surface area (Å²) >= 11 is 5.77. The van der Waals surface area contributed by atoms with Gasteiger partial charge in [0.15, 0.2) is 11.5 Å². The van der Waals surface area contributed by atoms with Crippen LogP contribution in [0.1, 0.15) is 16.1 Å². The monoisotopic (exact) mass is 463 g/mol. The first-order valence-corrected chi connectivity index (χ1v) is 11.4. The Morgan fingerprint density at radius 3 is 2.94 bits per heavy atom. The van der Waals surface area contributed by atoms with Crippen LogP contribution in [-0.4, -0.2) is 67.5 Å². The van der Waals surface area contributed by atoms with Crippen LogP contribution in [0.25, 0.3) is 11.0 Å². The molecule has 31 heavy (non-hydrogen) atoms. The van der Waals surface area contributed by atoms with Gasteiger partial charge in [0.2, 0.25) is 5.91 Å². The number of aromatic amines is 1. The average Bonchev–Trinajstić information content (AvgIpc) is 3.38. The lowest BCUT2D eigenvalue weighted by atomic mass is 10.2. The maximum absolute atomic E-state index is 13.3. The number of benzene rings is 1. The van der Waals surface area contributed by atoms with Crippen molar-refractivity contribution in [2.45, 2.75) is 6.54 Å². The Labute approximate surface area is 184 Å². The lowest BCUT2D eigenvalue weighted by Crippen LogP contribution is -2.33. The Hall–Kier alpha value is -3.05. The summed E-state index contributed by atoms with van der Waals surface area (Å²) in [5, 5.41) is 12.5. The summed E-state index contributed by atoms with van der Waals surface area (Å²) < 4.78 is 13.3. The topological polar surface area (TPSA) is 116 Å². The molecule has 1 aliphatic heterocycles. The molecule has 162 valence electrons. The van der Waals surface area contributed by atoms with Crippen LogP contribution < -0.4 is 10.6 Å². The summed E-state index contributed by atoms with van der Waals surface area (Å²) in [5.74, 6) is 4.94. The number of nitrogens with one attached hydrogen (secondary N) is 3. The number of amides is 2. The minimum atomic E-state index is -0.526. The fourth-order valence-corrected chi connectivity index (χ4v) is 4.63. The van der Waals surface area contributed by atoms with Gasteiger partial charge in [0.25, 0.3) is 5.91 Å². The van der Waals surface area contributed by atoms with E-state index in [1.165, 1.54) is 24.5 Å². The van der Waals surface area contributed by atoms with Crippen molar-refractivity contribution in [3.63, 3.8) is 0 Å². The van der Waals surface area contributed by atoms with Gasteiger partial charge >= 0.3 is 0 Å². The number of aromatic nitrogens is 4. The fourth-order valence-electron chi connectivity index (χ4n) is 3.10. The summed E-state index contributed by atoms with van der Waals surface area (Å²) in [6.07, 6.45) is 1.25. The third-order valence-electron chi connectivity index (χ3n) is 4.75. The van der Waals surface area contributed by atoms with E-state index in [0.717, 1.165) is 5.75 Å². The lowest BCUT2D eigenvalue weighted by molar-refractivity contribution is -0.127. The van der Waals surface area contributed by atoms with Gasteiger partial charge in [0.1, 0.15) is 23.2 Å². The first-order valence-electron chi connectivity index (χ1n) is 9.32. The highest BCUT2D eigenvalue weighted by atomic mass is 35.5. The van der Waals surface area contributed by atoms with Gasteiger partial charge in [-0.25, -0.2) is 14.4 Å². The third-order valence-corrected chi connectivity index (χ3v) is 6.48. The zero-order valence-corrected chi connectivity index (χ0v) is 17.9. The number of fused-ring (bicyclic) bond motifs is 1. The molecule has 4 rings (SSSR count). The smallest absolute Gasteiger partial charge is 0.272 e. The van der Waals surface area contributed by atoms with Gasteiger partial charge in [-0.15, -0.1) is 0 Å². The summed E-state index contributed by atoms with van der Waals surface area (Å²) in [6.45, 7) is 0.913. The van der Waals surface area contributed by atoms with E-state index in [-0.39, 0.29) is 40.2 Å². The van der Waals surface area contributed by atoms with E-state index in [0.29, 0.717) is 34.8 Å². The van der Waals surface area contributed by atoms with Crippen LogP contribution in [0.3, 0.4) is 0 Å². The van der Waals surface area contributed by atoms with Gasteiger partial charge in [-0.1, -0.05) is 23.5 Å². The molecule has 12 heteroatoms. The van der Waals surface area contributed by atoms with E-state index in [9.17, 15) is 14.0 Å². The van der Waals surface area contributed by atoms with Crippen molar-refractivity contribution < 1.29 is 14.0 Å². The largest absolute Gasteiger partial charge is 0.358 e. The molecule has 3 heterocycles. The van der Waals surface area contributed by atoms with Gasteiger partial charge in [-0.3, -0.25) is 14.7 Å². The molecule has 0 bridgehead atoms. The highest BCUT2D eigenvalue weighted by Gasteiger charge is 2.21. The number of anilines is 1. The van der Waals surface area contributed by atoms with E-state index in [4.69, 9.17) is 11.6 Å². The van der Waals surface area contributed by atoms with Crippen molar-refractivity contribution in [1.29, 1.82) is 0 Å². The molecule has 0 saturated carbocycles. The molecular formula is C19H19ClFN7O2S. The van der Waals surface area contributed by atoms with Crippen LogP contribution in [0.2, 0.25) is 5.02 Å². The number of halogens is 2. The molecule has 1 fully saturated rings. The number of H-pyrrole nitrogens is 1.